The lowest BCUT2D eigenvalue weighted by molar-refractivity contribution is -0.385. The van der Waals surface area contributed by atoms with Crippen LogP contribution >= 0.6 is 0 Å². The van der Waals surface area contributed by atoms with E-state index in [1.165, 1.54) is 12.1 Å². The van der Waals surface area contributed by atoms with Crippen LogP contribution in [0.3, 0.4) is 0 Å². The molecule has 0 aromatic heterocycles. The van der Waals surface area contributed by atoms with Crippen LogP contribution in [0.2, 0.25) is 0 Å². The number of rotatable bonds is 5. The van der Waals surface area contributed by atoms with E-state index < -0.39 is 4.92 Å². The van der Waals surface area contributed by atoms with Gasteiger partial charge in [0.05, 0.1) is 11.0 Å². The Bertz CT molecular complexity index is 724. The van der Waals surface area contributed by atoms with Crippen LogP contribution in [0.25, 0.3) is 0 Å². The van der Waals surface area contributed by atoms with Crippen molar-refractivity contribution in [3.8, 4) is 0 Å². The smallest absolute Gasteiger partial charge is 0.273 e. The lowest BCUT2D eigenvalue weighted by Gasteiger charge is -2.18. The number of carbonyl (C=O) groups is 1. The maximum Gasteiger partial charge on any atom is 0.273 e. The summed E-state index contributed by atoms with van der Waals surface area (Å²) in [4.78, 5) is 23.0. The van der Waals surface area contributed by atoms with E-state index in [2.05, 4.69) is 5.32 Å². The predicted molar refractivity (Wildman–Crippen MR) is 89.5 cm³/mol. The van der Waals surface area contributed by atoms with E-state index >= 15 is 0 Å². The normalized spacial score (nSPS) is 11.8. The molecular formula is C18H20N2O3. The van der Waals surface area contributed by atoms with Crippen molar-refractivity contribution < 1.29 is 9.72 Å². The minimum Gasteiger partial charge on any atom is -0.345 e. The number of nitro groups is 1. The van der Waals surface area contributed by atoms with Crippen molar-refractivity contribution in [1.29, 1.82) is 0 Å². The molecule has 23 heavy (non-hydrogen) atoms. The zero-order valence-corrected chi connectivity index (χ0v) is 13.5. The van der Waals surface area contributed by atoms with Crippen molar-refractivity contribution in [3.05, 3.63) is 74.8 Å². The monoisotopic (exact) mass is 312 g/mol. The molecule has 2 rings (SSSR count). The first-order chi connectivity index (χ1) is 10.9. The second-order valence-corrected chi connectivity index (χ2v) is 5.55. The zero-order chi connectivity index (χ0) is 17.0. The summed E-state index contributed by atoms with van der Waals surface area (Å²) in [5, 5.41) is 14.0. The lowest BCUT2D eigenvalue weighted by Crippen LogP contribution is -2.28. The quantitative estimate of drug-likeness (QED) is 0.667. The Balaban J connectivity index is 2.25. The number of hydrogen-bond donors (Lipinski definition) is 1. The topological polar surface area (TPSA) is 72.2 Å². The van der Waals surface area contributed by atoms with Gasteiger partial charge in [0, 0.05) is 17.2 Å². The molecular weight excluding hydrogens is 292 g/mol. The third-order valence-corrected chi connectivity index (χ3v) is 3.94. The second-order valence-electron chi connectivity index (χ2n) is 5.55. The van der Waals surface area contributed by atoms with Gasteiger partial charge in [-0.25, -0.2) is 0 Å². The minimum atomic E-state index is -0.469. The van der Waals surface area contributed by atoms with Gasteiger partial charge in [0.15, 0.2) is 0 Å². The molecule has 1 amide bonds. The fourth-order valence-corrected chi connectivity index (χ4v) is 2.52. The van der Waals surface area contributed by atoms with Crippen LogP contribution < -0.4 is 5.32 Å². The second kappa shape index (κ2) is 7.05. The molecule has 120 valence electrons. The minimum absolute atomic E-state index is 0.0407. The third-order valence-electron chi connectivity index (χ3n) is 3.94. The third kappa shape index (κ3) is 3.74. The van der Waals surface area contributed by atoms with Gasteiger partial charge in [-0.05, 0) is 31.9 Å². The summed E-state index contributed by atoms with van der Waals surface area (Å²) in [6, 6.07) is 12.4. The van der Waals surface area contributed by atoms with Crippen LogP contribution in [-0.4, -0.2) is 10.8 Å². The molecule has 1 N–H and O–H groups in total. The van der Waals surface area contributed by atoms with E-state index in [9.17, 15) is 14.9 Å². The standard InChI is InChI=1S/C18H20N2O3/c1-4-16(14-10-8-12(2)9-11-14)19-18(21)15-6-5-7-17(13(15)3)20(22)23/h5-11,16H,4H2,1-3H3,(H,19,21). The first-order valence-electron chi connectivity index (χ1n) is 7.55. The van der Waals surface area contributed by atoms with Crippen molar-refractivity contribution >= 4 is 11.6 Å². The van der Waals surface area contributed by atoms with E-state index in [4.69, 9.17) is 0 Å². The molecule has 2 aromatic carbocycles. The van der Waals surface area contributed by atoms with Gasteiger partial charge in [0.1, 0.15) is 0 Å². The summed E-state index contributed by atoms with van der Waals surface area (Å²) in [5.41, 5.74) is 2.86. The number of aryl methyl sites for hydroxylation is 1. The number of nitrogens with zero attached hydrogens (tertiary/aromatic N) is 1. The maximum atomic E-state index is 12.5. The number of nitrogens with one attached hydrogen (secondary N) is 1. The highest BCUT2D eigenvalue weighted by Crippen LogP contribution is 2.23. The van der Waals surface area contributed by atoms with Gasteiger partial charge in [0.2, 0.25) is 0 Å². The summed E-state index contributed by atoms with van der Waals surface area (Å²) in [7, 11) is 0. The Morgan fingerprint density at radius 3 is 2.39 bits per heavy atom. The van der Waals surface area contributed by atoms with E-state index in [-0.39, 0.29) is 17.6 Å². The number of benzene rings is 2. The zero-order valence-electron chi connectivity index (χ0n) is 13.5. The van der Waals surface area contributed by atoms with Crippen LogP contribution in [0.4, 0.5) is 5.69 Å². The lowest BCUT2D eigenvalue weighted by atomic mass is 10.0. The van der Waals surface area contributed by atoms with Gasteiger partial charge in [-0.3, -0.25) is 14.9 Å². The van der Waals surface area contributed by atoms with Gasteiger partial charge in [-0.15, -0.1) is 0 Å². The van der Waals surface area contributed by atoms with Crippen molar-refractivity contribution in [3.63, 3.8) is 0 Å². The molecule has 0 bridgehead atoms. The molecule has 0 aliphatic carbocycles. The molecule has 0 fully saturated rings. The van der Waals surface area contributed by atoms with Gasteiger partial charge in [-0.2, -0.15) is 0 Å². The van der Waals surface area contributed by atoms with Crippen molar-refractivity contribution in [1.82, 2.24) is 5.32 Å². The summed E-state index contributed by atoms with van der Waals surface area (Å²) >= 11 is 0. The van der Waals surface area contributed by atoms with Crippen molar-refractivity contribution in [2.24, 2.45) is 0 Å². The van der Waals surface area contributed by atoms with Crippen molar-refractivity contribution in [2.45, 2.75) is 33.2 Å². The summed E-state index contributed by atoms with van der Waals surface area (Å²) in [6.07, 6.45) is 0.739. The average molecular weight is 312 g/mol. The van der Waals surface area contributed by atoms with Gasteiger partial charge in [0.25, 0.3) is 11.6 Å². The Hall–Kier alpha value is -2.69. The molecule has 1 atom stereocenters. The number of nitro benzene ring substituents is 1. The highest BCUT2D eigenvalue weighted by Gasteiger charge is 2.20. The van der Waals surface area contributed by atoms with Crippen LogP contribution in [0, 0.1) is 24.0 Å². The SMILES string of the molecule is CCC(NC(=O)c1cccc([N+](=O)[O-])c1C)c1ccc(C)cc1. The average Bonchev–Trinajstić information content (AvgIpc) is 2.53. The molecule has 0 radical (unpaired) electrons. The van der Waals surface area contributed by atoms with Crippen molar-refractivity contribution in [2.75, 3.05) is 0 Å². The van der Waals surface area contributed by atoms with E-state index in [0.717, 1.165) is 17.5 Å². The largest absolute Gasteiger partial charge is 0.345 e. The highest BCUT2D eigenvalue weighted by atomic mass is 16.6. The summed E-state index contributed by atoms with van der Waals surface area (Å²) < 4.78 is 0. The number of hydrogen-bond acceptors (Lipinski definition) is 3. The predicted octanol–water partition coefficient (Wildman–Crippen LogP) is 4.09. The van der Waals surface area contributed by atoms with E-state index in [0.29, 0.717) is 11.1 Å². The van der Waals surface area contributed by atoms with Crippen LogP contribution in [0.15, 0.2) is 42.5 Å². The molecule has 0 aliphatic heterocycles. The van der Waals surface area contributed by atoms with E-state index in [1.807, 2.05) is 38.1 Å². The Kier molecular flexibility index (Phi) is 5.11. The van der Waals surface area contributed by atoms with E-state index in [1.54, 1.807) is 13.0 Å². The summed E-state index contributed by atoms with van der Waals surface area (Å²) in [5.74, 6) is -0.293. The summed E-state index contributed by atoms with van der Waals surface area (Å²) in [6.45, 7) is 5.60. The fraction of sp³-hybridized carbons (Fsp3) is 0.278. The molecule has 0 saturated heterocycles. The first kappa shape index (κ1) is 16.7. The number of carbonyl (C=O) groups excluding carboxylic acids is 1. The fourth-order valence-electron chi connectivity index (χ4n) is 2.52. The molecule has 5 nitrogen and oxygen atoms in total. The molecule has 0 spiro atoms. The van der Waals surface area contributed by atoms with Crippen LogP contribution in [0.1, 0.15) is 46.4 Å². The van der Waals surface area contributed by atoms with Gasteiger partial charge >= 0.3 is 0 Å². The molecule has 5 heteroatoms. The Morgan fingerprint density at radius 1 is 1.17 bits per heavy atom. The van der Waals surface area contributed by atoms with Gasteiger partial charge < -0.3 is 5.32 Å². The molecule has 0 aliphatic rings. The van der Waals surface area contributed by atoms with Gasteiger partial charge in [-0.1, -0.05) is 42.8 Å². The first-order valence-corrected chi connectivity index (χ1v) is 7.55. The van der Waals surface area contributed by atoms with Crippen LogP contribution in [-0.2, 0) is 0 Å². The number of amides is 1. The Morgan fingerprint density at radius 2 is 1.83 bits per heavy atom. The molecule has 1 unspecified atom stereocenters. The van der Waals surface area contributed by atoms with Crippen LogP contribution in [0.5, 0.6) is 0 Å². The maximum absolute atomic E-state index is 12.5. The molecule has 0 heterocycles. The highest BCUT2D eigenvalue weighted by molar-refractivity contribution is 5.96. The molecule has 0 saturated carbocycles. The molecule has 2 aromatic rings. The Labute approximate surface area is 135 Å².